The Bertz CT molecular complexity index is 604. The Labute approximate surface area is 135 Å². The Hall–Kier alpha value is -2.37. The second kappa shape index (κ2) is 7.26. The maximum Gasteiger partial charge on any atom is 0.306 e. The minimum atomic E-state index is -0.760. The van der Waals surface area contributed by atoms with Crippen molar-refractivity contribution in [2.24, 2.45) is 5.92 Å². The summed E-state index contributed by atoms with van der Waals surface area (Å²) in [5.74, 6) is -1.44. The van der Waals surface area contributed by atoms with E-state index in [2.05, 4.69) is 5.32 Å². The highest BCUT2D eigenvalue weighted by Crippen LogP contribution is 2.24. The number of aliphatic carboxylic acids is 1. The summed E-state index contributed by atoms with van der Waals surface area (Å²) in [5, 5.41) is 11.9. The van der Waals surface area contributed by atoms with Crippen LogP contribution in [0.2, 0.25) is 0 Å². The second-order valence-electron chi connectivity index (χ2n) is 6.14. The van der Waals surface area contributed by atoms with Crippen LogP contribution in [-0.4, -0.2) is 47.9 Å². The van der Waals surface area contributed by atoms with Crippen molar-refractivity contribution in [2.45, 2.75) is 31.7 Å². The van der Waals surface area contributed by atoms with Crippen molar-refractivity contribution in [3.05, 3.63) is 35.4 Å². The number of rotatable bonds is 4. The molecule has 1 saturated carbocycles. The molecule has 0 aliphatic heterocycles. The number of hydrogen-bond donors (Lipinski definition) is 2. The summed E-state index contributed by atoms with van der Waals surface area (Å²) >= 11 is 0. The molecule has 1 aromatic rings. The highest BCUT2D eigenvalue weighted by molar-refractivity contribution is 5.99. The zero-order valence-electron chi connectivity index (χ0n) is 13.4. The summed E-state index contributed by atoms with van der Waals surface area (Å²) in [6.07, 6.45) is 2.50. The molecule has 0 aromatic heterocycles. The average Bonchev–Trinajstić information content (AvgIpc) is 2.54. The zero-order chi connectivity index (χ0) is 17.0. The molecule has 0 unspecified atom stereocenters. The first kappa shape index (κ1) is 17.0. The van der Waals surface area contributed by atoms with E-state index >= 15 is 0 Å². The van der Waals surface area contributed by atoms with Gasteiger partial charge < -0.3 is 15.3 Å². The number of carbonyl (C=O) groups is 3. The molecule has 23 heavy (non-hydrogen) atoms. The third-order valence-corrected chi connectivity index (χ3v) is 4.19. The molecule has 0 saturated heterocycles. The van der Waals surface area contributed by atoms with Crippen molar-refractivity contribution in [1.82, 2.24) is 10.2 Å². The molecule has 6 nitrogen and oxygen atoms in total. The van der Waals surface area contributed by atoms with Gasteiger partial charge in [0, 0.05) is 31.3 Å². The smallest absolute Gasteiger partial charge is 0.306 e. The average molecular weight is 318 g/mol. The Morgan fingerprint density at radius 3 is 2.26 bits per heavy atom. The number of nitrogens with one attached hydrogen (secondary N) is 1. The van der Waals surface area contributed by atoms with Crippen LogP contribution in [0.3, 0.4) is 0 Å². The van der Waals surface area contributed by atoms with Crippen LogP contribution < -0.4 is 5.32 Å². The number of carboxylic acid groups (broad SMARTS) is 1. The quantitative estimate of drug-likeness (QED) is 0.885. The first-order valence-electron chi connectivity index (χ1n) is 7.74. The van der Waals surface area contributed by atoms with E-state index in [1.165, 1.54) is 4.90 Å². The van der Waals surface area contributed by atoms with Gasteiger partial charge in [-0.3, -0.25) is 14.4 Å². The molecule has 0 bridgehead atoms. The molecule has 0 heterocycles. The molecule has 1 aliphatic carbocycles. The minimum Gasteiger partial charge on any atom is -0.481 e. The van der Waals surface area contributed by atoms with Crippen molar-refractivity contribution in [3.63, 3.8) is 0 Å². The van der Waals surface area contributed by atoms with E-state index in [1.807, 2.05) is 0 Å². The molecule has 1 fully saturated rings. The van der Waals surface area contributed by atoms with Crippen LogP contribution in [0.1, 0.15) is 46.4 Å². The van der Waals surface area contributed by atoms with Crippen molar-refractivity contribution in [1.29, 1.82) is 0 Å². The fourth-order valence-electron chi connectivity index (χ4n) is 2.81. The van der Waals surface area contributed by atoms with Gasteiger partial charge >= 0.3 is 5.97 Å². The molecular formula is C17H22N2O4. The molecule has 6 heteroatoms. The lowest BCUT2D eigenvalue weighted by Gasteiger charge is -2.26. The van der Waals surface area contributed by atoms with Crippen LogP contribution in [0.15, 0.2) is 24.3 Å². The molecular weight excluding hydrogens is 296 g/mol. The van der Waals surface area contributed by atoms with Gasteiger partial charge in [-0.25, -0.2) is 0 Å². The van der Waals surface area contributed by atoms with Gasteiger partial charge in [0.05, 0.1) is 5.92 Å². The maximum atomic E-state index is 12.3. The predicted octanol–water partition coefficient (Wildman–Crippen LogP) is 1.76. The number of nitrogens with zero attached hydrogens (tertiary/aromatic N) is 1. The minimum absolute atomic E-state index is 0.00805. The largest absolute Gasteiger partial charge is 0.481 e. The van der Waals surface area contributed by atoms with Crippen LogP contribution in [-0.2, 0) is 4.79 Å². The SMILES string of the molecule is CN(C)C(=O)c1cccc(C(=O)NC2CCC(C(=O)O)CC2)c1. The molecule has 2 amide bonds. The van der Waals surface area contributed by atoms with E-state index < -0.39 is 5.97 Å². The van der Waals surface area contributed by atoms with E-state index in [0.29, 0.717) is 36.8 Å². The van der Waals surface area contributed by atoms with Gasteiger partial charge in [-0.2, -0.15) is 0 Å². The standard InChI is InChI=1S/C17H22N2O4/c1-19(2)16(21)13-5-3-4-12(10-13)15(20)18-14-8-6-11(7-9-14)17(22)23/h3-5,10-11,14H,6-9H2,1-2H3,(H,18,20)(H,22,23). The molecule has 124 valence electrons. The van der Waals surface area contributed by atoms with Crippen LogP contribution in [0, 0.1) is 5.92 Å². The highest BCUT2D eigenvalue weighted by Gasteiger charge is 2.27. The molecule has 1 aromatic carbocycles. The first-order valence-corrected chi connectivity index (χ1v) is 7.74. The number of carboxylic acids is 1. The fraction of sp³-hybridized carbons (Fsp3) is 0.471. The molecule has 2 rings (SSSR count). The molecule has 0 spiro atoms. The lowest BCUT2D eigenvalue weighted by molar-refractivity contribution is -0.142. The van der Waals surface area contributed by atoms with Crippen molar-refractivity contribution >= 4 is 17.8 Å². The summed E-state index contributed by atoms with van der Waals surface area (Å²) in [7, 11) is 3.33. The Balaban J connectivity index is 1.98. The fourth-order valence-corrected chi connectivity index (χ4v) is 2.81. The van der Waals surface area contributed by atoms with Crippen LogP contribution >= 0.6 is 0 Å². The van der Waals surface area contributed by atoms with E-state index in [-0.39, 0.29) is 23.8 Å². The highest BCUT2D eigenvalue weighted by atomic mass is 16.4. The maximum absolute atomic E-state index is 12.3. The predicted molar refractivity (Wildman–Crippen MR) is 85.3 cm³/mol. The van der Waals surface area contributed by atoms with Gasteiger partial charge in [0.15, 0.2) is 0 Å². The van der Waals surface area contributed by atoms with E-state index in [4.69, 9.17) is 5.11 Å². The third-order valence-electron chi connectivity index (χ3n) is 4.19. The summed E-state index contributed by atoms with van der Waals surface area (Å²) in [6, 6.07) is 6.61. The van der Waals surface area contributed by atoms with Gasteiger partial charge in [0.2, 0.25) is 0 Å². The van der Waals surface area contributed by atoms with Crippen LogP contribution in [0.4, 0.5) is 0 Å². The molecule has 0 atom stereocenters. The van der Waals surface area contributed by atoms with Crippen LogP contribution in [0.5, 0.6) is 0 Å². The second-order valence-corrected chi connectivity index (χ2v) is 6.14. The Morgan fingerprint density at radius 1 is 1.09 bits per heavy atom. The van der Waals surface area contributed by atoms with Gasteiger partial charge in [-0.15, -0.1) is 0 Å². The van der Waals surface area contributed by atoms with Gasteiger partial charge in [-0.05, 0) is 43.9 Å². The van der Waals surface area contributed by atoms with Gasteiger partial charge in [-0.1, -0.05) is 6.07 Å². The Morgan fingerprint density at radius 2 is 1.70 bits per heavy atom. The third kappa shape index (κ3) is 4.31. The van der Waals surface area contributed by atoms with Crippen molar-refractivity contribution < 1.29 is 19.5 Å². The number of amides is 2. The number of benzene rings is 1. The van der Waals surface area contributed by atoms with E-state index in [0.717, 1.165) is 0 Å². The number of carbonyl (C=O) groups excluding carboxylic acids is 2. The molecule has 1 aliphatic rings. The Kier molecular flexibility index (Phi) is 5.36. The lowest BCUT2D eigenvalue weighted by atomic mass is 9.86. The normalized spacial score (nSPS) is 20.6. The van der Waals surface area contributed by atoms with Crippen LogP contribution in [0.25, 0.3) is 0 Å². The monoisotopic (exact) mass is 318 g/mol. The molecule has 2 N–H and O–H groups in total. The topological polar surface area (TPSA) is 86.7 Å². The van der Waals surface area contributed by atoms with E-state index in [9.17, 15) is 14.4 Å². The summed E-state index contributed by atoms with van der Waals surface area (Å²) in [6.45, 7) is 0. The zero-order valence-corrected chi connectivity index (χ0v) is 13.4. The number of hydrogen-bond acceptors (Lipinski definition) is 3. The van der Waals surface area contributed by atoms with Crippen molar-refractivity contribution in [2.75, 3.05) is 14.1 Å². The molecule has 0 radical (unpaired) electrons. The van der Waals surface area contributed by atoms with E-state index in [1.54, 1.807) is 38.4 Å². The summed E-state index contributed by atoms with van der Waals surface area (Å²) < 4.78 is 0. The lowest BCUT2D eigenvalue weighted by Crippen LogP contribution is -2.38. The van der Waals surface area contributed by atoms with Gasteiger partial charge in [0.25, 0.3) is 11.8 Å². The van der Waals surface area contributed by atoms with Crippen molar-refractivity contribution in [3.8, 4) is 0 Å². The van der Waals surface area contributed by atoms with Gasteiger partial charge in [0.1, 0.15) is 0 Å². The first-order chi connectivity index (χ1) is 10.9. The summed E-state index contributed by atoms with van der Waals surface area (Å²) in [4.78, 5) is 36.7. The summed E-state index contributed by atoms with van der Waals surface area (Å²) in [5.41, 5.74) is 0.912.